The highest BCUT2D eigenvalue weighted by molar-refractivity contribution is 5.79. The van der Waals surface area contributed by atoms with Crippen molar-refractivity contribution in [2.24, 2.45) is 7.05 Å². The van der Waals surface area contributed by atoms with Gasteiger partial charge in [0.2, 0.25) is 5.95 Å². The molecule has 0 saturated heterocycles. The first kappa shape index (κ1) is 12.7. The van der Waals surface area contributed by atoms with Crippen molar-refractivity contribution in [2.45, 2.75) is 20.8 Å². The molecule has 1 N–H and O–H groups in total. The zero-order chi connectivity index (χ0) is 14.3. The van der Waals surface area contributed by atoms with Crippen molar-refractivity contribution in [1.82, 2.24) is 9.55 Å². The van der Waals surface area contributed by atoms with Crippen LogP contribution in [-0.4, -0.2) is 9.55 Å². The van der Waals surface area contributed by atoms with Gasteiger partial charge in [0, 0.05) is 12.7 Å². The number of imidazole rings is 1. The van der Waals surface area contributed by atoms with Crippen molar-refractivity contribution in [3.63, 3.8) is 0 Å². The fraction of sp³-hybridized carbons (Fsp3) is 0.235. The molecule has 0 unspecified atom stereocenters. The largest absolute Gasteiger partial charge is 0.325 e. The monoisotopic (exact) mass is 265 g/mol. The van der Waals surface area contributed by atoms with E-state index in [0.717, 1.165) is 22.7 Å². The molecule has 1 heterocycles. The molecule has 0 saturated carbocycles. The molecule has 1 aromatic heterocycles. The molecular weight excluding hydrogens is 246 g/mol. The summed E-state index contributed by atoms with van der Waals surface area (Å²) in [4.78, 5) is 4.65. The number of fused-ring (bicyclic) bond motifs is 1. The summed E-state index contributed by atoms with van der Waals surface area (Å²) in [5.41, 5.74) is 7.11. The van der Waals surface area contributed by atoms with Crippen molar-refractivity contribution in [3.05, 3.63) is 53.1 Å². The summed E-state index contributed by atoms with van der Waals surface area (Å²) in [6.07, 6.45) is 0. The van der Waals surface area contributed by atoms with E-state index in [2.05, 4.69) is 53.8 Å². The number of nitrogens with one attached hydrogen (secondary N) is 1. The SMILES string of the molecule is Cc1cc(C)c(Nc2nc3ccccc3n2C)cc1C. The summed E-state index contributed by atoms with van der Waals surface area (Å²) >= 11 is 0. The third-order valence-corrected chi connectivity index (χ3v) is 3.87. The van der Waals surface area contributed by atoms with E-state index < -0.39 is 0 Å². The van der Waals surface area contributed by atoms with E-state index in [4.69, 9.17) is 0 Å². The first-order chi connectivity index (χ1) is 9.56. The molecule has 0 aliphatic heterocycles. The third kappa shape index (κ3) is 2.05. The second kappa shape index (κ2) is 4.67. The van der Waals surface area contributed by atoms with Crippen LogP contribution in [0.4, 0.5) is 11.6 Å². The van der Waals surface area contributed by atoms with Gasteiger partial charge in [-0.05, 0) is 55.7 Å². The smallest absolute Gasteiger partial charge is 0.208 e. The van der Waals surface area contributed by atoms with Gasteiger partial charge >= 0.3 is 0 Å². The second-order valence-electron chi connectivity index (χ2n) is 5.36. The van der Waals surface area contributed by atoms with Crippen molar-refractivity contribution in [1.29, 1.82) is 0 Å². The number of rotatable bonds is 2. The predicted octanol–water partition coefficient (Wildman–Crippen LogP) is 4.24. The van der Waals surface area contributed by atoms with Crippen LogP contribution < -0.4 is 5.32 Å². The minimum absolute atomic E-state index is 0.873. The van der Waals surface area contributed by atoms with Gasteiger partial charge in [0.05, 0.1) is 11.0 Å². The highest BCUT2D eigenvalue weighted by Gasteiger charge is 2.09. The van der Waals surface area contributed by atoms with Crippen LogP contribution in [0.3, 0.4) is 0 Å². The fourth-order valence-corrected chi connectivity index (χ4v) is 2.47. The minimum atomic E-state index is 0.873. The number of aromatic nitrogens is 2. The van der Waals surface area contributed by atoms with Gasteiger partial charge in [-0.25, -0.2) is 4.98 Å². The quantitative estimate of drug-likeness (QED) is 0.751. The summed E-state index contributed by atoms with van der Waals surface area (Å²) in [6, 6.07) is 12.6. The predicted molar refractivity (Wildman–Crippen MR) is 84.6 cm³/mol. The van der Waals surface area contributed by atoms with Crippen molar-refractivity contribution >= 4 is 22.7 Å². The molecule has 0 aliphatic carbocycles. The molecule has 2 aromatic carbocycles. The van der Waals surface area contributed by atoms with Gasteiger partial charge in [-0.15, -0.1) is 0 Å². The second-order valence-corrected chi connectivity index (χ2v) is 5.36. The third-order valence-electron chi connectivity index (χ3n) is 3.87. The Labute approximate surface area is 119 Å². The van der Waals surface area contributed by atoms with Crippen LogP contribution in [0.15, 0.2) is 36.4 Å². The molecule has 3 aromatic rings. The Hall–Kier alpha value is -2.29. The Morgan fingerprint density at radius 3 is 2.40 bits per heavy atom. The molecule has 3 rings (SSSR count). The Morgan fingerprint density at radius 2 is 1.65 bits per heavy atom. The average Bonchev–Trinajstić information content (AvgIpc) is 2.73. The molecule has 0 atom stereocenters. The number of hydrogen-bond donors (Lipinski definition) is 1. The maximum atomic E-state index is 4.65. The minimum Gasteiger partial charge on any atom is -0.325 e. The summed E-state index contributed by atoms with van der Waals surface area (Å²) < 4.78 is 2.09. The molecule has 3 heteroatoms. The Kier molecular flexibility index (Phi) is 2.97. The molecule has 0 spiro atoms. The van der Waals surface area contributed by atoms with Gasteiger partial charge in [0.25, 0.3) is 0 Å². The van der Waals surface area contributed by atoms with Gasteiger partial charge < -0.3 is 9.88 Å². The van der Waals surface area contributed by atoms with E-state index in [1.807, 2.05) is 25.2 Å². The van der Waals surface area contributed by atoms with E-state index in [1.54, 1.807) is 0 Å². The highest BCUT2D eigenvalue weighted by Crippen LogP contribution is 2.25. The summed E-state index contributed by atoms with van der Waals surface area (Å²) in [5.74, 6) is 0.873. The van der Waals surface area contributed by atoms with Crippen molar-refractivity contribution in [2.75, 3.05) is 5.32 Å². The average molecular weight is 265 g/mol. The number of nitrogens with zero attached hydrogens (tertiary/aromatic N) is 2. The number of aryl methyl sites for hydroxylation is 4. The van der Waals surface area contributed by atoms with Gasteiger partial charge in [-0.2, -0.15) is 0 Å². The zero-order valence-electron chi connectivity index (χ0n) is 12.4. The number of para-hydroxylation sites is 2. The maximum absolute atomic E-state index is 4.65. The Bertz CT molecular complexity index is 784. The first-order valence-electron chi connectivity index (χ1n) is 6.82. The molecule has 0 amide bonds. The van der Waals surface area contributed by atoms with Crippen LogP contribution >= 0.6 is 0 Å². The van der Waals surface area contributed by atoms with Crippen LogP contribution in [-0.2, 0) is 7.05 Å². The molecule has 0 aliphatic rings. The molecule has 102 valence electrons. The summed E-state index contributed by atoms with van der Waals surface area (Å²) in [6.45, 7) is 6.40. The lowest BCUT2D eigenvalue weighted by Gasteiger charge is -2.12. The number of anilines is 2. The standard InChI is InChI=1S/C17H19N3/c1-11-9-13(3)15(10-12(11)2)19-17-18-14-7-5-6-8-16(14)20(17)4/h5-10H,1-4H3,(H,18,19). The highest BCUT2D eigenvalue weighted by atomic mass is 15.2. The number of hydrogen-bond acceptors (Lipinski definition) is 2. The van der Waals surface area contributed by atoms with Crippen LogP contribution in [0.1, 0.15) is 16.7 Å². The van der Waals surface area contributed by atoms with Crippen LogP contribution in [0.25, 0.3) is 11.0 Å². The Morgan fingerprint density at radius 1 is 0.950 bits per heavy atom. The summed E-state index contributed by atoms with van der Waals surface area (Å²) in [7, 11) is 2.04. The van der Waals surface area contributed by atoms with E-state index in [-0.39, 0.29) is 0 Å². The zero-order valence-corrected chi connectivity index (χ0v) is 12.4. The summed E-state index contributed by atoms with van der Waals surface area (Å²) in [5, 5.41) is 3.45. The maximum Gasteiger partial charge on any atom is 0.208 e. The van der Waals surface area contributed by atoms with Gasteiger partial charge in [0.1, 0.15) is 0 Å². The lowest BCUT2D eigenvalue weighted by atomic mass is 10.1. The molecule has 0 bridgehead atoms. The molecule has 0 radical (unpaired) electrons. The lowest BCUT2D eigenvalue weighted by molar-refractivity contribution is 0.957. The lowest BCUT2D eigenvalue weighted by Crippen LogP contribution is -2.01. The normalized spacial score (nSPS) is 11.0. The fourth-order valence-electron chi connectivity index (χ4n) is 2.47. The van der Waals surface area contributed by atoms with Crippen molar-refractivity contribution in [3.8, 4) is 0 Å². The molecule has 20 heavy (non-hydrogen) atoms. The molecule has 3 nitrogen and oxygen atoms in total. The van der Waals surface area contributed by atoms with Crippen molar-refractivity contribution < 1.29 is 0 Å². The van der Waals surface area contributed by atoms with Gasteiger partial charge in [0.15, 0.2) is 0 Å². The number of benzene rings is 2. The first-order valence-corrected chi connectivity index (χ1v) is 6.82. The topological polar surface area (TPSA) is 29.9 Å². The van der Waals surface area contributed by atoms with Crippen LogP contribution in [0, 0.1) is 20.8 Å². The van der Waals surface area contributed by atoms with Gasteiger partial charge in [-0.3, -0.25) is 0 Å². The van der Waals surface area contributed by atoms with E-state index in [0.29, 0.717) is 0 Å². The molecule has 0 fully saturated rings. The van der Waals surface area contributed by atoms with E-state index in [9.17, 15) is 0 Å². The van der Waals surface area contributed by atoms with Crippen LogP contribution in [0.2, 0.25) is 0 Å². The van der Waals surface area contributed by atoms with Crippen LogP contribution in [0.5, 0.6) is 0 Å². The van der Waals surface area contributed by atoms with E-state index in [1.165, 1.54) is 16.7 Å². The van der Waals surface area contributed by atoms with Gasteiger partial charge in [-0.1, -0.05) is 18.2 Å². The molecular formula is C17H19N3. The van der Waals surface area contributed by atoms with E-state index >= 15 is 0 Å². The Balaban J connectivity index is 2.05.